The molecular formula is C18H23NO3. The molecule has 1 aromatic heterocycles. The van der Waals surface area contributed by atoms with E-state index in [9.17, 15) is 5.11 Å². The summed E-state index contributed by atoms with van der Waals surface area (Å²) in [5.74, 6) is 0.779. The number of furan rings is 1. The van der Waals surface area contributed by atoms with Crippen LogP contribution in [-0.2, 0) is 17.8 Å². The summed E-state index contributed by atoms with van der Waals surface area (Å²) in [6.07, 6.45) is 4.58. The van der Waals surface area contributed by atoms with Crippen LogP contribution in [0.1, 0.15) is 35.8 Å². The van der Waals surface area contributed by atoms with E-state index in [1.54, 1.807) is 6.26 Å². The van der Waals surface area contributed by atoms with Gasteiger partial charge in [0.25, 0.3) is 0 Å². The van der Waals surface area contributed by atoms with Crippen LogP contribution in [0.5, 0.6) is 0 Å². The second-order valence-corrected chi connectivity index (χ2v) is 5.80. The molecule has 2 N–H and O–H groups in total. The molecule has 1 aliphatic carbocycles. The van der Waals surface area contributed by atoms with E-state index >= 15 is 0 Å². The Morgan fingerprint density at radius 2 is 2.18 bits per heavy atom. The Bertz CT molecular complexity index is 567. The first-order valence-electron chi connectivity index (χ1n) is 7.92. The van der Waals surface area contributed by atoms with Crippen LogP contribution < -0.4 is 5.32 Å². The standard InChI is InChI=1S/C18H23NO3/c20-15(12-21-13-16-7-4-10-22-16)11-19-18-9-3-6-14-5-1-2-8-17(14)18/h1-2,4-5,7-8,10,15,18-20H,3,6,9,11-13H2. The molecule has 0 spiro atoms. The SMILES string of the molecule is OC(CNC1CCCc2ccccc21)COCc1ccco1. The lowest BCUT2D eigenvalue weighted by molar-refractivity contribution is 0.0213. The van der Waals surface area contributed by atoms with E-state index in [0.717, 1.165) is 18.6 Å². The highest BCUT2D eigenvalue weighted by atomic mass is 16.5. The summed E-state index contributed by atoms with van der Waals surface area (Å²) in [6.45, 7) is 1.25. The molecule has 2 atom stereocenters. The van der Waals surface area contributed by atoms with Crippen molar-refractivity contribution >= 4 is 0 Å². The third-order valence-electron chi connectivity index (χ3n) is 4.10. The minimum Gasteiger partial charge on any atom is -0.467 e. The van der Waals surface area contributed by atoms with Gasteiger partial charge in [-0.25, -0.2) is 0 Å². The van der Waals surface area contributed by atoms with Crippen molar-refractivity contribution in [1.29, 1.82) is 0 Å². The summed E-state index contributed by atoms with van der Waals surface area (Å²) in [7, 11) is 0. The number of hydrogen-bond acceptors (Lipinski definition) is 4. The third kappa shape index (κ3) is 3.97. The van der Waals surface area contributed by atoms with Crippen molar-refractivity contribution in [2.45, 2.75) is 38.0 Å². The monoisotopic (exact) mass is 301 g/mol. The van der Waals surface area contributed by atoms with Crippen LogP contribution in [-0.4, -0.2) is 24.4 Å². The van der Waals surface area contributed by atoms with Crippen molar-refractivity contribution in [3.63, 3.8) is 0 Å². The number of rotatable bonds is 7. The highest BCUT2D eigenvalue weighted by Gasteiger charge is 2.19. The first-order valence-corrected chi connectivity index (χ1v) is 7.92. The van der Waals surface area contributed by atoms with E-state index in [2.05, 4.69) is 29.6 Å². The maximum Gasteiger partial charge on any atom is 0.129 e. The fourth-order valence-corrected chi connectivity index (χ4v) is 2.99. The van der Waals surface area contributed by atoms with Gasteiger partial charge in [-0.2, -0.15) is 0 Å². The Morgan fingerprint density at radius 3 is 3.05 bits per heavy atom. The number of aliphatic hydroxyl groups is 1. The van der Waals surface area contributed by atoms with E-state index in [1.807, 2.05) is 12.1 Å². The molecule has 0 fully saturated rings. The normalized spacial score (nSPS) is 18.9. The van der Waals surface area contributed by atoms with E-state index in [-0.39, 0.29) is 0 Å². The number of benzene rings is 1. The Labute approximate surface area is 131 Å². The molecule has 0 bridgehead atoms. The Balaban J connectivity index is 1.42. The quantitative estimate of drug-likeness (QED) is 0.825. The largest absolute Gasteiger partial charge is 0.467 e. The van der Waals surface area contributed by atoms with Gasteiger partial charge in [0.15, 0.2) is 0 Å². The lowest BCUT2D eigenvalue weighted by Gasteiger charge is -2.27. The fourth-order valence-electron chi connectivity index (χ4n) is 2.99. The molecule has 0 aliphatic heterocycles. The highest BCUT2D eigenvalue weighted by Crippen LogP contribution is 2.29. The van der Waals surface area contributed by atoms with Gasteiger partial charge in [-0.05, 0) is 42.5 Å². The maximum absolute atomic E-state index is 10.0. The molecule has 0 amide bonds. The minimum atomic E-state index is -0.510. The van der Waals surface area contributed by atoms with Crippen LogP contribution in [0.3, 0.4) is 0 Å². The third-order valence-corrected chi connectivity index (χ3v) is 4.10. The molecule has 1 aliphatic rings. The number of hydrogen-bond donors (Lipinski definition) is 2. The molecule has 3 rings (SSSR count). The highest BCUT2D eigenvalue weighted by molar-refractivity contribution is 5.32. The van der Waals surface area contributed by atoms with Gasteiger partial charge in [-0.1, -0.05) is 24.3 Å². The molecule has 4 heteroatoms. The van der Waals surface area contributed by atoms with Gasteiger partial charge in [-0.3, -0.25) is 0 Å². The van der Waals surface area contributed by atoms with Crippen LogP contribution in [0.15, 0.2) is 47.1 Å². The van der Waals surface area contributed by atoms with Gasteiger partial charge in [0.05, 0.1) is 19.0 Å². The molecular weight excluding hydrogens is 278 g/mol. The molecule has 0 saturated carbocycles. The van der Waals surface area contributed by atoms with Crippen LogP contribution in [0.25, 0.3) is 0 Å². The van der Waals surface area contributed by atoms with Crippen LogP contribution >= 0.6 is 0 Å². The second kappa shape index (κ2) is 7.58. The Kier molecular flexibility index (Phi) is 5.27. The summed E-state index contributed by atoms with van der Waals surface area (Å²) >= 11 is 0. The van der Waals surface area contributed by atoms with Gasteiger partial charge in [0, 0.05) is 12.6 Å². The summed E-state index contributed by atoms with van der Waals surface area (Å²) in [5.41, 5.74) is 2.80. The summed E-state index contributed by atoms with van der Waals surface area (Å²) in [5, 5.41) is 13.5. The van der Waals surface area contributed by atoms with Gasteiger partial charge < -0.3 is 19.6 Å². The number of ether oxygens (including phenoxy) is 1. The van der Waals surface area contributed by atoms with E-state index in [1.165, 1.54) is 17.5 Å². The maximum atomic E-state index is 10.0. The Hall–Kier alpha value is -1.62. The molecule has 1 aromatic carbocycles. The van der Waals surface area contributed by atoms with Crippen molar-refractivity contribution in [2.24, 2.45) is 0 Å². The van der Waals surface area contributed by atoms with Crippen LogP contribution in [0.2, 0.25) is 0 Å². The second-order valence-electron chi connectivity index (χ2n) is 5.80. The smallest absolute Gasteiger partial charge is 0.129 e. The van der Waals surface area contributed by atoms with E-state index in [4.69, 9.17) is 9.15 Å². The van der Waals surface area contributed by atoms with Crippen molar-refractivity contribution in [1.82, 2.24) is 5.32 Å². The van der Waals surface area contributed by atoms with Crippen molar-refractivity contribution < 1.29 is 14.3 Å². The number of aryl methyl sites for hydroxylation is 1. The number of fused-ring (bicyclic) bond motifs is 1. The fraction of sp³-hybridized carbons (Fsp3) is 0.444. The Morgan fingerprint density at radius 1 is 1.27 bits per heavy atom. The minimum absolute atomic E-state index is 0.308. The molecule has 4 nitrogen and oxygen atoms in total. The van der Waals surface area contributed by atoms with Crippen molar-refractivity contribution in [3.8, 4) is 0 Å². The predicted molar refractivity (Wildman–Crippen MR) is 84.5 cm³/mol. The summed E-state index contributed by atoms with van der Waals surface area (Å²) in [6, 6.07) is 12.6. The molecule has 2 unspecified atom stereocenters. The zero-order valence-electron chi connectivity index (χ0n) is 12.7. The lowest BCUT2D eigenvalue weighted by Crippen LogP contribution is -2.34. The van der Waals surface area contributed by atoms with Gasteiger partial charge >= 0.3 is 0 Å². The average Bonchev–Trinajstić information content (AvgIpc) is 3.06. The molecule has 118 valence electrons. The topological polar surface area (TPSA) is 54.6 Å². The first-order chi connectivity index (χ1) is 10.8. The van der Waals surface area contributed by atoms with Crippen molar-refractivity contribution in [3.05, 3.63) is 59.5 Å². The predicted octanol–water partition coefficient (Wildman–Crippen LogP) is 2.82. The van der Waals surface area contributed by atoms with Crippen LogP contribution in [0, 0.1) is 0 Å². The molecule has 0 radical (unpaired) electrons. The first kappa shape index (κ1) is 15.3. The molecule has 22 heavy (non-hydrogen) atoms. The van der Waals surface area contributed by atoms with Gasteiger partial charge in [-0.15, -0.1) is 0 Å². The summed E-state index contributed by atoms with van der Waals surface area (Å²) in [4.78, 5) is 0. The number of nitrogens with one attached hydrogen (secondary N) is 1. The van der Waals surface area contributed by atoms with E-state index < -0.39 is 6.10 Å². The summed E-state index contributed by atoms with van der Waals surface area (Å²) < 4.78 is 10.7. The van der Waals surface area contributed by atoms with Gasteiger partial charge in [0.1, 0.15) is 12.4 Å². The average molecular weight is 301 g/mol. The molecule has 1 heterocycles. The van der Waals surface area contributed by atoms with Crippen LogP contribution in [0.4, 0.5) is 0 Å². The lowest BCUT2D eigenvalue weighted by atomic mass is 9.88. The molecule has 0 saturated heterocycles. The number of aliphatic hydroxyl groups excluding tert-OH is 1. The van der Waals surface area contributed by atoms with Gasteiger partial charge in [0.2, 0.25) is 0 Å². The molecule has 2 aromatic rings. The van der Waals surface area contributed by atoms with Crippen molar-refractivity contribution in [2.75, 3.05) is 13.2 Å². The zero-order chi connectivity index (χ0) is 15.2. The van der Waals surface area contributed by atoms with E-state index in [0.29, 0.717) is 25.8 Å². The zero-order valence-corrected chi connectivity index (χ0v) is 12.7.